The van der Waals surface area contributed by atoms with Crippen LogP contribution in [0.25, 0.3) is 6.08 Å². The van der Waals surface area contributed by atoms with E-state index >= 15 is 0 Å². The second-order valence-corrected chi connectivity index (χ2v) is 8.09. The van der Waals surface area contributed by atoms with Crippen LogP contribution in [0.15, 0.2) is 66.4 Å². The third-order valence-electron chi connectivity index (χ3n) is 5.26. The summed E-state index contributed by atoms with van der Waals surface area (Å²) >= 11 is 6.16. The van der Waals surface area contributed by atoms with Gasteiger partial charge in [-0.1, -0.05) is 29.8 Å². The van der Waals surface area contributed by atoms with Crippen LogP contribution >= 0.6 is 11.6 Å². The van der Waals surface area contributed by atoms with Crippen LogP contribution in [-0.4, -0.2) is 29.0 Å². The highest BCUT2D eigenvalue weighted by Gasteiger charge is 2.37. The molecule has 0 bridgehead atoms. The van der Waals surface area contributed by atoms with E-state index in [2.05, 4.69) is 5.32 Å². The molecule has 1 aliphatic rings. The molecule has 2 aromatic carbocycles. The molecule has 7 nitrogen and oxygen atoms in total. The SMILES string of the molecule is Cc1cccc(OCCn2cccc2/C=C2/C(=O)NC(=O)N(c3ccc(C)c(Cl)c3)C2=O)c1. The van der Waals surface area contributed by atoms with Crippen LogP contribution in [0.4, 0.5) is 10.5 Å². The molecule has 0 aliphatic carbocycles. The number of halogens is 1. The Morgan fingerprint density at radius 2 is 1.85 bits per heavy atom. The number of rotatable bonds is 6. The summed E-state index contributed by atoms with van der Waals surface area (Å²) in [4.78, 5) is 38.9. The molecule has 2 heterocycles. The zero-order valence-corrected chi connectivity index (χ0v) is 18.9. The number of nitrogens with one attached hydrogen (secondary N) is 1. The average molecular weight is 464 g/mol. The molecular weight excluding hydrogens is 442 g/mol. The number of ether oxygens (including phenoxy) is 1. The molecule has 0 spiro atoms. The van der Waals surface area contributed by atoms with Crippen LogP contribution < -0.4 is 15.0 Å². The van der Waals surface area contributed by atoms with Gasteiger partial charge in [0.05, 0.1) is 12.2 Å². The Kier molecular flexibility index (Phi) is 6.33. The summed E-state index contributed by atoms with van der Waals surface area (Å²) in [7, 11) is 0. The number of anilines is 1. The van der Waals surface area contributed by atoms with Gasteiger partial charge in [-0.3, -0.25) is 14.9 Å². The predicted molar refractivity (Wildman–Crippen MR) is 126 cm³/mol. The molecule has 33 heavy (non-hydrogen) atoms. The lowest BCUT2D eigenvalue weighted by Crippen LogP contribution is -2.54. The van der Waals surface area contributed by atoms with Gasteiger partial charge in [0, 0.05) is 16.9 Å². The van der Waals surface area contributed by atoms with Crippen molar-refractivity contribution in [3.8, 4) is 5.75 Å². The molecule has 1 aromatic heterocycles. The molecular formula is C25H22ClN3O4. The van der Waals surface area contributed by atoms with E-state index in [0.717, 1.165) is 21.8 Å². The number of barbiturate groups is 1. The second kappa shape index (κ2) is 9.34. The van der Waals surface area contributed by atoms with Gasteiger partial charge < -0.3 is 9.30 Å². The maximum Gasteiger partial charge on any atom is 0.335 e. The predicted octanol–water partition coefficient (Wildman–Crippen LogP) is 4.50. The Bertz CT molecular complexity index is 1280. The molecule has 1 N–H and O–H groups in total. The number of carbonyl (C=O) groups excluding carboxylic acids is 3. The smallest absolute Gasteiger partial charge is 0.335 e. The van der Waals surface area contributed by atoms with Gasteiger partial charge in [0.25, 0.3) is 11.8 Å². The van der Waals surface area contributed by atoms with Crippen molar-refractivity contribution in [2.45, 2.75) is 20.4 Å². The number of urea groups is 1. The van der Waals surface area contributed by atoms with Crippen molar-refractivity contribution in [2.75, 3.05) is 11.5 Å². The lowest BCUT2D eigenvalue weighted by Gasteiger charge is -2.26. The van der Waals surface area contributed by atoms with Crippen LogP contribution in [-0.2, 0) is 16.1 Å². The van der Waals surface area contributed by atoms with Crippen molar-refractivity contribution >= 4 is 41.2 Å². The molecule has 1 fully saturated rings. The third-order valence-corrected chi connectivity index (χ3v) is 5.67. The number of amides is 4. The Balaban J connectivity index is 1.55. The van der Waals surface area contributed by atoms with E-state index in [-0.39, 0.29) is 11.3 Å². The summed E-state index contributed by atoms with van der Waals surface area (Å²) < 4.78 is 7.67. The van der Waals surface area contributed by atoms with E-state index < -0.39 is 17.8 Å². The van der Waals surface area contributed by atoms with E-state index in [9.17, 15) is 14.4 Å². The highest BCUT2D eigenvalue weighted by molar-refractivity contribution is 6.39. The third kappa shape index (κ3) is 4.83. The maximum atomic E-state index is 13.1. The Hall–Kier alpha value is -3.84. The fourth-order valence-electron chi connectivity index (χ4n) is 3.49. The van der Waals surface area contributed by atoms with Crippen LogP contribution in [0.1, 0.15) is 16.8 Å². The minimum Gasteiger partial charge on any atom is -0.492 e. The molecule has 168 valence electrons. The average Bonchev–Trinajstić information content (AvgIpc) is 3.20. The number of aryl methyl sites for hydroxylation is 2. The van der Waals surface area contributed by atoms with Gasteiger partial charge in [-0.25, -0.2) is 9.69 Å². The first-order chi connectivity index (χ1) is 15.8. The normalized spacial score (nSPS) is 15.2. The van der Waals surface area contributed by atoms with E-state index in [1.807, 2.05) is 54.9 Å². The van der Waals surface area contributed by atoms with E-state index in [1.54, 1.807) is 18.2 Å². The molecule has 0 atom stereocenters. The highest BCUT2D eigenvalue weighted by Crippen LogP contribution is 2.26. The minimum absolute atomic E-state index is 0.147. The van der Waals surface area contributed by atoms with Crippen LogP contribution in [0.3, 0.4) is 0 Å². The molecule has 0 saturated carbocycles. The van der Waals surface area contributed by atoms with Crippen molar-refractivity contribution in [3.05, 3.63) is 88.2 Å². The summed E-state index contributed by atoms with van der Waals surface area (Å²) in [6.07, 6.45) is 3.31. The number of carbonyl (C=O) groups is 3. The van der Waals surface area contributed by atoms with E-state index in [0.29, 0.717) is 23.9 Å². The lowest BCUT2D eigenvalue weighted by molar-refractivity contribution is -0.122. The Morgan fingerprint density at radius 1 is 1.03 bits per heavy atom. The van der Waals surface area contributed by atoms with Gasteiger partial charge in [0.15, 0.2) is 0 Å². The molecule has 4 amide bonds. The monoisotopic (exact) mass is 463 g/mol. The highest BCUT2D eigenvalue weighted by atomic mass is 35.5. The number of aromatic nitrogens is 1. The van der Waals surface area contributed by atoms with Crippen molar-refractivity contribution < 1.29 is 19.1 Å². The van der Waals surface area contributed by atoms with Crippen LogP contribution in [0.5, 0.6) is 5.75 Å². The second-order valence-electron chi connectivity index (χ2n) is 7.68. The number of hydrogen-bond donors (Lipinski definition) is 1. The van der Waals surface area contributed by atoms with Crippen molar-refractivity contribution in [1.82, 2.24) is 9.88 Å². The summed E-state index contributed by atoms with van der Waals surface area (Å²) in [6.45, 7) is 4.72. The van der Waals surface area contributed by atoms with Gasteiger partial charge in [-0.05, 0) is 67.4 Å². The molecule has 1 aliphatic heterocycles. The largest absolute Gasteiger partial charge is 0.492 e. The van der Waals surface area contributed by atoms with E-state index in [4.69, 9.17) is 16.3 Å². The maximum absolute atomic E-state index is 13.1. The first kappa shape index (κ1) is 22.4. The van der Waals surface area contributed by atoms with E-state index in [1.165, 1.54) is 12.1 Å². The van der Waals surface area contributed by atoms with Crippen molar-refractivity contribution in [1.29, 1.82) is 0 Å². The number of imide groups is 2. The number of benzene rings is 2. The molecule has 0 unspecified atom stereocenters. The zero-order chi connectivity index (χ0) is 23.5. The first-order valence-electron chi connectivity index (χ1n) is 10.4. The lowest BCUT2D eigenvalue weighted by atomic mass is 10.1. The standard InChI is InChI=1S/C25H22ClN3O4/c1-16-5-3-7-20(13-16)33-12-11-28-10-4-6-18(28)14-21-23(30)27-25(32)29(24(21)31)19-9-8-17(2)22(26)15-19/h3-10,13-15H,11-12H2,1-2H3,(H,27,30,32)/b21-14-. The van der Waals surface area contributed by atoms with Crippen LogP contribution in [0, 0.1) is 13.8 Å². The molecule has 0 radical (unpaired) electrons. The number of hydrogen-bond acceptors (Lipinski definition) is 4. The van der Waals surface area contributed by atoms with Crippen molar-refractivity contribution in [3.63, 3.8) is 0 Å². The summed E-state index contributed by atoms with van der Waals surface area (Å²) in [5, 5.41) is 2.64. The van der Waals surface area contributed by atoms with Gasteiger partial charge >= 0.3 is 6.03 Å². The quantitative estimate of drug-likeness (QED) is 0.431. The fourth-order valence-corrected chi connectivity index (χ4v) is 3.66. The number of nitrogens with zero attached hydrogens (tertiary/aromatic N) is 2. The molecule has 3 aromatic rings. The molecule has 1 saturated heterocycles. The molecule has 4 rings (SSSR count). The van der Waals surface area contributed by atoms with Crippen molar-refractivity contribution in [2.24, 2.45) is 0 Å². The minimum atomic E-state index is -0.816. The van der Waals surface area contributed by atoms with Gasteiger partial charge in [0.1, 0.15) is 17.9 Å². The zero-order valence-electron chi connectivity index (χ0n) is 18.2. The topological polar surface area (TPSA) is 80.6 Å². The fraction of sp³-hybridized carbons (Fsp3) is 0.160. The van der Waals surface area contributed by atoms with Gasteiger partial charge in [0.2, 0.25) is 0 Å². The summed E-state index contributed by atoms with van der Waals surface area (Å²) in [5.74, 6) is -0.689. The first-order valence-corrected chi connectivity index (χ1v) is 10.7. The van der Waals surface area contributed by atoms with Gasteiger partial charge in [-0.2, -0.15) is 0 Å². The Morgan fingerprint density at radius 3 is 2.61 bits per heavy atom. The molecule has 8 heteroatoms. The van der Waals surface area contributed by atoms with Crippen LogP contribution in [0.2, 0.25) is 5.02 Å². The summed E-state index contributed by atoms with van der Waals surface area (Å²) in [6, 6.07) is 15.4. The van der Waals surface area contributed by atoms with Gasteiger partial charge in [-0.15, -0.1) is 0 Å². The summed E-state index contributed by atoms with van der Waals surface area (Å²) in [5.41, 5.74) is 2.69. The Labute approximate surface area is 196 Å².